The van der Waals surface area contributed by atoms with Gasteiger partial charge in [-0.05, 0) is 0 Å². The Balaban J connectivity index is -0.000000980. The molecule has 0 radical (unpaired) electrons. The molecule has 0 fully saturated rings. The molecule has 0 aliphatic rings. The highest BCUT2D eigenvalue weighted by atomic mass is 32.2. The van der Waals surface area contributed by atoms with Crippen LogP contribution in [-0.2, 0) is 0 Å². The van der Waals surface area contributed by atoms with E-state index in [4.69, 9.17) is 0 Å². The highest BCUT2D eigenvalue weighted by molar-refractivity contribution is 7.94. The molecule has 0 spiro atoms. The van der Waals surface area contributed by atoms with E-state index in [1.165, 1.54) is 0 Å². The van der Waals surface area contributed by atoms with E-state index in [0.29, 0.717) is 0 Å². The van der Waals surface area contributed by atoms with Crippen molar-refractivity contribution >= 4 is 12.1 Å². The Bertz CT molecular complexity index is 181. The molecule has 0 aromatic carbocycles. The van der Waals surface area contributed by atoms with Crippen LogP contribution in [0.2, 0.25) is 0 Å². The molecule has 0 saturated heterocycles. The standard InChI is InChI=1S/C12H20N2S.2FH/c1-5-9-13(10-6-2)15-14(11-7-3)12-8-4;;/h5-8H,1-4,9-12H2;2*1H. The maximum absolute atomic E-state index is 3.73. The summed E-state index contributed by atoms with van der Waals surface area (Å²) in [6.45, 7) is 18.3. The van der Waals surface area contributed by atoms with Crippen LogP contribution in [0.3, 0.4) is 0 Å². The third-order valence-electron chi connectivity index (χ3n) is 1.56. The first-order valence-electron chi connectivity index (χ1n) is 4.90. The molecular formula is C12H22F2N2S. The quantitative estimate of drug-likeness (QED) is 0.442. The molecule has 0 saturated carbocycles. The van der Waals surface area contributed by atoms with Crippen molar-refractivity contribution in [3.8, 4) is 0 Å². The zero-order valence-corrected chi connectivity index (χ0v) is 10.9. The maximum atomic E-state index is 3.73. The summed E-state index contributed by atoms with van der Waals surface area (Å²) in [6.07, 6.45) is 7.54. The van der Waals surface area contributed by atoms with E-state index in [1.54, 1.807) is 12.1 Å². The third-order valence-corrected chi connectivity index (χ3v) is 2.62. The Hall–Kier alpha value is -0.910. The average molecular weight is 264 g/mol. The minimum Gasteiger partial charge on any atom is -0.269 e. The second-order valence-electron chi connectivity index (χ2n) is 2.93. The number of nitrogens with zero attached hydrogens (tertiary/aromatic N) is 2. The van der Waals surface area contributed by atoms with Crippen molar-refractivity contribution in [1.29, 1.82) is 0 Å². The van der Waals surface area contributed by atoms with Crippen LogP contribution in [0.15, 0.2) is 50.6 Å². The predicted molar refractivity (Wildman–Crippen MR) is 76.5 cm³/mol. The molecule has 0 bridgehead atoms. The van der Waals surface area contributed by atoms with Crippen LogP contribution in [0.4, 0.5) is 9.41 Å². The first-order valence-corrected chi connectivity index (χ1v) is 5.63. The minimum atomic E-state index is 0. The normalized spacial score (nSPS) is 9.06. The number of hydrogen-bond acceptors (Lipinski definition) is 3. The zero-order valence-electron chi connectivity index (χ0n) is 10.1. The molecule has 0 aliphatic carbocycles. The number of hydrogen-bond donors (Lipinski definition) is 0. The molecule has 5 heteroatoms. The molecule has 0 atom stereocenters. The Morgan fingerprint density at radius 2 is 0.882 bits per heavy atom. The SMILES string of the molecule is C=CCN(CC=C)SN(CC=C)CC=C.F.F. The predicted octanol–water partition coefficient (Wildman–Crippen LogP) is 3.20. The summed E-state index contributed by atoms with van der Waals surface area (Å²) in [5.41, 5.74) is 0. The second-order valence-corrected chi connectivity index (χ2v) is 4.13. The van der Waals surface area contributed by atoms with Crippen molar-refractivity contribution in [2.24, 2.45) is 0 Å². The maximum Gasteiger partial charge on any atom is 0.0283 e. The highest BCUT2D eigenvalue weighted by Gasteiger charge is 2.07. The van der Waals surface area contributed by atoms with Gasteiger partial charge in [-0.1, -0.05) is 24.3 Å². The topological polar surface area (TPSA) is 6.48 Å². The second kappa shape index (κ2) is 15.1. The fraction of sp³-hybridized carbons (Fsp3) is 0.333. The van der Waals surface area contributed by atoms with Crippen molar-refractivity contribution < 1.29 is 9.41 Å². The summed E-state index contributed by atoms with van der Waals surface area (Å²) >= 11 is 1.67. The van der Waals surface area contributed by atoms with Crippen molar-refractivity contribution in [1.82, 2.24) is 8.61 Å². The third kappa shape index (κ3) is 11.4. The van der Waals surface area contributed by atoms with E-state index < -0.39 is 0 Å². The first-order chi connectivity index (χ1) is 7.28. The minimum absolute atomic E-state index is 0. The van der Waals surface area contributed by atoms with Gasteiger partial charge in [0.2, 0.25) is 0 Å². The van der Waals surface area contributed by atoms with Gasteiger partial charge >= 0.3 is 0 Å². The van der Waals surface area contributed by atoms with Gasteiger partial charge in [-0.3, -0.25) is 9.41 Å². The largest absolute Gasteiger partial charge is 0.269 e. The molecule has 0 aromatic heterocycles. The fourth-order valence-electron chi connectivity index (χ4n) is 1.02. The summed E-state index contributed by atoms with van der Waals surface area (Å²) in [6, 6.07) is 0. The Kier molecular flexibility index (Phi) is 19.0. The van der Waals surface area contributed by atoms with Crippen LogP contribution >= 0.6 is 12.1 Å². The smallest absolute Gasteiger partial charge is 0.0283 e. The van der Waals surface area contributed by atoms with Crippen molar-refractivity contribution in [3.05, 3.63) is 50.6 Å². The summed E-state index contributed by atoms with van der Waals surface area (Å²) < 4.78 is 4.35. The molecule has 17 heavy (non-hydrogen) atoms. The first kappa shape index (κ1) is 21.4. The van der Waals surface area contributed by atoms with E-state index >= 15 is 0 Å². The van der Waals surface area contributed by atoms with Gasteiger partial charge in [0.25, 0.3) is 0 Å². The fourth-order valence-corrected chi connectivity index (χ4v) is 2.04. The van der Waals surface area contributed by atoms with E-state index in [2.05, 4.69) is 34.9 Å². The summed E-state index contributed by atoms with van der Waals surface area (Å²) in [5, 5.41) is 0. The van der Waals surface area contributed by atoms with Gasteiger partial charge in [0.1, 0.15) is 0 Å². The number of halogens is 2. The monoisotopic (exact) mass is 264 g/mol. The summed E-state index contributed by atoms with van der Waals surface area (Å²) in [5.74, 6) is 0. The van der Waals surface area contributed by atoms with E-state index in [-0.39, 0.29) is 9.41 Å². The molecule has 0 aliphatic heterocycles. The Morgan fingerprint density at radius 3 is 1.06 bits per heavy atom. The molecule has 0 amide bonds. The lowest BCUT2D eigenvalue weighted by Gasteiger charge is -2.25. The lowest BCUT2D eigenvalue weighted by Crippen LogP contribution is -2.26. The van der Waals surface area contributed by atoms with E-state index in [0.717, 1.165) is 26.2 Å². The number of rotatable bonds is 10. The molecule has 100 valence electrons. The zero-order chi connectivity index (χ0) is 11.5. The van der Waals surface area contributed by atoms with Crippen LogP contribution in [0.5, 0.6) is 0 Å². The average Bonchev–Trinajstić information content (AvgIpc) is 2.19. The van der Waals surface area contributed by atoms with Gasteiger partial charge in [-0.15, -0.1) is 26.3 Å². The van der Waals surface area contributed by atoms with E-state index in [9.17, 15) is 0 Å². The van der Waals surface area contributed by atoms with Gasteiger partial charge in [0.05, 0.1) is 0 Å². The Labute approximate surface area is 107 Å². The van der Waals surface area contributed by atoms with Crippen LogP contribution in [-0.4, -0.2) is 34.8 Å². The van der Waals surface area contributed by atoms with Crippen molar-refractivity contribution in [2.45, 2.75) is 0 Å². The Morgan fingerprint density at radius 1 is 0.647 bits per heavy atom. The molecule has 2 nitrogen and oxygen atoms in total. The van der Waals surface area contributed by atoms with Crippen LogP contribution in [0, 0.1) is 0 Å². The molecule has 0 rings (SSSR count). The molecule has 0 unspecified atom stereocenters. The van der Waals surface area contributed by atoms with Crippen LogP contribution in [0.1, 0.15) is 0 Å². The molecule has 0 aromatic rings. The lowest BCUT2D eigenvalue weighted by molar-refractivity contribution is 0.504. The van der Waals surface area contributed by atoms with Crippen LogP contribution in [0.25, 0.3) is 0 Å². The van der Waals surface area contributed by atoms with Crippen molar-refractivity contribution in [2.75, 3.05) is 26.2 Å². The highest BCUT2D eigenvalue weighted by Crippen LogP contribution is 2.15. The lowest BCUT2D eigenvalue weighted by atomic mass is 10.5. The van der Waals surface area contributed by atoms with E-state index in [1.807, 2.05) is 24.3 Å². The molecule has 0 heterocycles. The molecular weight excluding hydrogens is 242 g/mol. The van der Waals surface area contributed by atoms with Gasteiger partial charge in [0.15, 0.2) is 0 Å². The summed E-state index contributed by atoms with van der Waals surface area (Å²) in [7, 11) is 0. The summed E-state index contributed by atoms with van der Waals surface area (Å²) in [4.78, 5) is 0. The van der Waals surface area contributed by atoms with Crippen molar-refractivity contribution in [3.63, 3.8) is 0 Å². The van der Waals surface area contributed by atoms with Gasteiger partial charge in [0, 0.05) is 38.3 Å². The van der Waals surface area contributed by atoms with Gasteiger partial charge < -0.3 is 0 Å². The van der Waals surface area contributed by atoms with Crippen LogP contribution < -0.4 is 0 Å². The molecule has 0 N–H and O–H groups in total. The van der Waals surface area contributed by atoms with Gasteiger partial charge in [-0.25, -0.2) is 8.61 Å². The van der Waals surface area contributed by atoms with Gasteiger partial charge in [-0.2, -0.15) is 0 Å².